The van der Waals surface area contributed by atoms with Crippen LogP contribution in [0.2, 0.25) is 0 Å². The standard InChI is InChI=1S/C22H28N6O3/c29-19(25-21-24-18(26-27-21)11-10-15-8-4-5-9-15)14-17-20(30)28(22(31)23-17)13-12-16-6-2-1-3-7-16/h1-3,6-7,15,17H,4-5,8-14H2,(H,23,31)(H2,24,25,26,27,29). The molecule has 1 atom stereocenters. The molecule has 0 radical (unpaired) electrons. The first-order valence-electron chi connectivity index (χ1n) is 11.0. The summed E-state index contributed by atoms with van der Waals surface area (Å²) in [6.07, 6.45) is 7.47. The van der Waals surface area contributed by atoms with Crippen molar-refractivity contribution in [1.82, 2.24) is 25.4 Å². The highest BCUT2D eigenvalue weighted by Crippen LogP contribution is 2.28. The third-order valence-electron chi connectivity index (χ3n) is 6.01. The van der Waals surface area contributed by atoms with Gasteiger partial charge in [0, 0.05) is 13.0 Å². The Morgan fingerprint density at radius 1 is 1.13 bits per heavy atom. The Morgan fingerprint density at radius 3 is 2.68 bits per heavy atom. The third-order valence-corrected chi connectivity index (χ3v) is 6.01. The van der Waals surface area contributed by atoms with Gasteiger partial charge in [-0.15, -0.1) is 5.10 Å². The average Bonchev–Trinajstić information content (AvgIpc) is 3.49. The van der Waals surface area contributed by atoms with Crippen LogP contribution in [0.4, 0.5) is 10.7 Å². The van der Waals surface area contributed by atoms with E-state index < -0.39 is 18.0 Å². The van der Waals surface area contributed by atoms with Gasteiger partial charge in [-0.05, 0) is 24.3 Å². The van der Waals surface area contributed by atoms with Gasteiger partial charge in [0.2, 0.25) is 11.9 Å². The lowest BCUT2D eigenvalue weighted by Gasteiger charge is -2.12. The summed E-state index contributed by atoms with van der Waals surface area (Å²) in [7, 11) is 0. The number of benzene rings is 1. The van der Waals surface area contributed by atoms with Crippen molar-refractivity contribution in [3.05, 3.63) is 41.7 Å². The van der Waals surface area contributed by atoms with Crippen LogP contribution in [-0.2, 0) is 22.4 Å². The molecule has 1 saturated heterocycles. The first kappa shape index (κ1) is 21.0. The molecule has 31 heavy (non-hydrogen) atoms. The number of imide groups is 1. The minimum Gasteiger partial charge on any atom is -0.325 e. The maximum atomic E-state index is 12.6. The molecule has 1 aromatic carbocycles. The van der Waals surface area contributed by atoms with Crippen LogP contribution in [0.25, 0.3) is 0 Å². The topological polar surface area (TPSA) is 120 Å². The fraction of sp³-hybridized carbons (Fsp3) is 0.500. The molecule has 1 unspecified atom stereocenters. The second-order valence-corrected chi connectivity index (χ2v) is 8.27. The van der Waals surface area contributed by atoms with Gasteiger partial charge in [-0.25, -0.2) is 4.79 Å². The number of rotatable bonds is 9. The van der Waals surface area contributed by atoms with Gasteiger partial charge in [0.15, 0.2) is 0 Å². The number of aromatic amines is 1. The minimum absolute atomic E-state index is 0.154. The van der Waals surface area contributed by atoms with Gasteiger partial charge < -0.3 is 5.32 Å². The predicted molar refractivity (Wildman–Crippen MR) is 114 cm³/mol. The van der Waals surface area contributed by atoms with Crippen LogP contribution in [0, 0.1) is 5.92 Å². The van der Waals surface area contributed by atoms with Crippen molar-refractivity contribution in [2.45, 2.75) is 57.4 Å². The summed E-state index contributed by atoms with van der Waals surface area (Å²) in [5.41, 5.74) is 1.04. The Bertz CT molecular complexity index is 922. The first-order valence-corrected chi connectivity index (χ1v) is 11.0. The number of hydrogen-bond acceptors (Lipinski definition) is 5. The van der Waals surface area contributed by atoms with E-state index in [1.807, 2.05) is 30.3 Å². The van der Waals surface area contributed by atoms with E-state index in [1.165, 1.54) is 30.6 Å². The second-order valence-electron chi connectivity index (χ2n) is 8.27. The quantitative estimate of drug-likeness (QED) is 0.534. The summed E-state index contributed by atoms with van der Waals surface area (Å²) in [5.74, 6) is 0.904. The normalized spacial score (nSPS) is 19.1. The number of carbonyl (C=O) groups is 3. The summed E-state index contributed by atoms with van der Waals surface area (Å²) in [6, 6.07) is 8.30. The zero-order valence-electron chi connectivity index (χ0n) is 17.5. The third kappa shape index (κ3) is 5.48. The van der Waals surface area contributed by atoms with Gasteiger partial charge in [0.1, 0.15) is 11.9 Å². The fourth-order valence-corrected chi connectivity index (χ4v) is 4.28. The van der Waals surface area contributed by atoms with Crippen molar-refractivity contribution in [3.8, 4) is 0 Å². The molecule has 2 fully saturated rings. The number of anilines is 1. The molecule has 164 valence electrons. The van der Waals surface area contributed by atoms with Gasteiger partial charge in [-0.1, -0.05) is 56.0 Å². The number of urea groups is 1. The molecule has 2 aromatic rings. The highest BCUT2D eigenvalue weighted by atomic mass is 16.2. The monoisotopic (exact) mass is 424 g/mol. The van der Waals surface area contributed by atoms with E-state index in [2.05, 4.69) is 25.8 Å². The van der Waals surface area contributed by atoms with E-state index in [1.54, 1.807) is 0 Å². The van der Waals surface area contributed by atoms with E-state index in [0.29, 0.717) is 6.42 Å². The summed E-state index contributed by atoms with van der Waals surface area (Å²) >= 11 is 0. The van der Waals surface area contributed by atoms with Crippen molar-refractivity contribution in [2.75, 3.05) is 11.9 Å². The van der Waals surface area contributed by atoms with Gasteiger partial charge in [-0.3, -0.25) is 24.9 Å². The van der Waals surface area contributed by atoms with Gasteiger partial charge >= 0.3 is 6.03 Å². The van der Waals surface area contributed by atoms with Crippen molar-refractivity contribution in [1.29, 1.82) is 0 Å². The van der Waals surface area contributed by atoms with Gasteiger partial charge in [0.25, 0.3) is 5.91 Å². The second kappa shape index (κ2) is 9.72. The van der Waals surface area contributed by atoms with Crippen LogP contribution in [0.3, 0.4) is 0 Å². The Kier molecular flexibility index (Phi) is 6.59. The number of nitrogens with zero attached hydrogens (tertiary/aromatic N) is 3. The molecule has 2 aliphatic rings. The summed E-state index contributed by atoms with van der Waals surface area (Å²) in [6.45, 7) is 0.276. The molecule has 4 amide bonds. The number of aromatic nitrogens is 3. The highest BCUT2D eigenvalue weighted by Gasteiger charge is 2.38. The molecular weight excluding hydrogens is 396 g/mol. The van der Waals surface area contributed by atoms with Gasteiger partial charge in [-0.2, -0.15) is 4.98 Å². The van der Waals surface area contributed by atoms with Crippen molar-refractivity contribution in [2.24, 2.45) is 5.92 Å². The van der Waals surface area contributed by atoms with Crippen LogP contribution in [0.15, 0.2) is 30.3 Å². The molecule has 2 heterocycles. The van der Waals surface area contributed by atoms with Crippen molar-refractivity contribution < 1.29 is 14.4 Å². The van der Waals surface area contributed by atoms with Crippen LogP contribution < -0.4 is 10.6 Å². The molecule has 0 bridgehead atoms. The van der Waals surface area contributed by atoms with E-state index in [-0.39, 0.29) is 24.8 Å². The van der Waals surface area contributed by atoms with Crippen LogP contribution >= 0.6 is 0 Å². The summed E-state index contributed by atoms with van der Waals surface area (Å²) in [5, 5.41) is 12.1. The molecule has 9 heteroatoms. The van der Waals surface area contributed by atoms with E-state index in [0.717, 1.165) is 30.1 Å². The molecule has 1 aliphatic heterocycles. The van der Waals surface area contributed by atoms with Crippen molar-refractivity contribution >= 4 is 23.8 Å². The van der Waals surface area contributed by atoms with Crippen LogP contribution in [0.1, 0.15) is 49.9 Å². The molecule has 1 aromatic heterocycles. The highest BCUT2D eigenvalue weighted by molar-refractivity contribution is 6.06. The lowest BCUT2D eigenvalue weighted by molar-refractivity contribution is -0.129. The maximum Gasteiger partial charge on any atom is 0.324 e. The van der Waals surface area contributed by atoms with Crippen molar-refractivity contribution in [3.63, 3.8) is 0 Å². The Labute approximate surface area is 181 Å². The number of H-pyrrole nitrogens is 1. The summed E-state index contributed by atoms with van der Waals surface area (Å²) in [4.78, 5) is 42.6. The SMILES string of the molecule is O=C(CC1NC(=O)N(CCc2ccccc2)C1=O)Nc1n[nH]c(CCC2CCCC2)n1. The Hall–Kier alpha value is -3.23. The van der Waals surface area contributed by atoms with E-state index in [4.69, 9.17) is 0 Å². The van der Waals surface area contributed by atoms with E-state index in [9.17, 15) is 14.4 Å². The molecule has 1 aliphatic carbocycles. The number of hydrogen-bond donors (Lipinski definition) is 3. The number of nitrogens with one attached hydrogen (secondary N) is 3. The zero-order valence-corrected chi connectivity index (χ0v) is 17.5. The molecule has 1 saturated carbocycles. The lowest BCUT2D eigenvalue weighted by Crippen LogP contribution is -2.35. The molecule has 4 rings (SSSR count). The number of carbonyl (C=O) groups excluding carboxylic acids is 3. The predicted octanol–water partition coefficient (Wildman–Crippen LogP) is 2.42. The van der Waals surface area contributed by atoms with E-state index >= 15 is 0 Å². The lowest BCUT2D eigenvalue weighted by atomic mass is 10.0. The van der Waals surface area contributed by atoms with Crippen LogP contribution in [0.5, 0.6) is 0 Å². The Balaban J connectivity index is 1.24. The molecule has 0 spiro atoms. The largest absolute Gasteiger partial charge is 0.325 e. The van der Waals surface area contributed by atoms with Crippen LogP contribution in [-0.4, -0.2) is 50.5 Å². The number of amides is 4. The van der Waals surface area contributed by atoms with Gasteiger partial charge in [0.05, 0.1) is 6.42 Å². The number of aryl methyl sites for hydroxylation is 1. The summed E-state index contributed by atoms with van der Waals surface area (Å²) < 4.78 is 0. The average molecular weight is 425 g/mol. The molecular formula is C22H28N6O3. The minimum atomic E-state index is -0.871. The molecule has 3 N–H and O–H groups in total. The fourth-order valence-electron chi connectivity index (χ4n) is 4.28. The zero-order chi connectivity index (χ0) is 21.6. The first-order chi connectivity index (χ1) is 15.1. The Morgan fingerprint density at radius 2 is 1.90 bits per heavy atom. The molecule has 9 nitrogen and oxygen atoms in total. The smallest absolute Gasteiger partial charge is 0.324 e. The maximum absolute atomic E-state index is 12.6.